The Morgan fingerprint density at radius 1 is 1.12 bits per heavy atom. The second-order valence-electron chi connectivity index (χ2n) is 10.2. The second-order valence-corrected chi connectivity index (χ2v) is 10.2. The molecule has 1 amide bonds. The molecule has 0 radical (unpaired) electrons. The van der Waals surface area contributed by atoms with Crippen molar-refractivity contribution in [1.29, 1.82) is 0 Å². The third kappa shape index (κ3) is 6.32. The lowest BCUT2D eigenvalue weighted by atomic mass is 9.82. The number of quaternary nitrogens is 1. The highest BCUT2D eigenvalue weighted by Gasteiger charge is 2.49. The van der Waals surface area contributed by atoms with Crippen LogP contribution in [0.4, 0.5) is 5.69 Å². The van der Waals surface area contributed by atoms with Crippen LogP contribution in [0.25, 0.3) is 0 Å². The maximum Gasteiger partial charge on any atom is 0.331 e. The van der Waals surface area contributed by atoms with Crippen LogP contribution < -0.4 is 5.32 Å². The van der Waals surface area contributed by atoms with Gasteiger partial charge in [0.05, 0.1) is 13.1 Å². The minimum absolute atomic E-state index is 0.0838. The van der Waals surface area contributed by atoms with Gasteiger partial charge in [0.15, 0.2) is 6.10 Å². The van der Waals surface area contributed by atoms with Gasteiger partial charge in [-0.2, -0.15) is 0 Å². The summed E-state index contributed by atoms with van der Waals surface area (Å²) in [6.07, 6.45) is 3.47. The monoisotopic (exact) mass is 470 g/mol. The molecule has 1 N–H and O–H groups in total. The van der Waals surface area contributed by atoms with E-state index in [1.807, 2.05) is 13.8 Å². The average Bonchev–Trinajstić information content (AvgIpc) is 2.82. The molecule has 186 valence electrons. The first-order valence-electron chi connectivity index (χ1n) is 12.7. The number of rotatable bonds is 10. The number of Topliss-reactive ketones (excluding diaryl/α,β-unsaturated/α-hetero) is 1. The van der Waals surface area contributed by atoms with Gasteiger partial charge in [-0.25, -0.2) is 4.79 Å². The number of hydrogen-bond donors (Lipinski definition) is 1. The van der Waals surface area contributed by atoms with E-state index < -0.39 is 6.04 Å². The van der Waals surface area contributed by atoms with Crippen LogP contribution in [0, 0.1) is 11.8 Å². The molecule has 3 heterocycles. The van der Waals surface area contributed by atoms with E-state index in [0.29, 0.717) is 34.7 Å². The fourth-order valence-electron chi connectivity index (χ4n) is 5.10. The van der Waals surface area contributed by atoms with Crippen LogP contribution in [-0.2, 0) is 14.3 Å². The SMILES string of the molecule is CCC(C)=NC(C(=O)OC1C[N+]2(CC(=O)c3ccc(NC(C)=O)cc3)CCC1CC2)C(C)CC. The largest absolute Gasteiger partial charge is 0.454 e. The number of carbonyl (C=O) groups excluding carboxylic acids is 3. The van der Waals surface area contributed by atoms with Crippen molar-refractivity contribution in [3.05, 3.63) is 29.8 Å². The molecule has 7 nitrogen and oxygen atoms in total. The molecule has 3 fully saturated rings. The van der Waals surface area contributed by atoms with Gasteiger partial charge in [0, 0.05) is 42.6 Å². The van der Waals surface area contributed by atoms with Crippen LogP contribution in [0.2, 0.25) is 0 Å². The molecule has 1 aromatic carbocycles. The molecule has 0 spiro atoms. The Morgan fingerprint density at radius 2 is 1.76 bits per heavy atom. The maximum atomic E-state index is 13.2. The predicted octanol–water partition coefficient (Wildman–Crippen LogP) is 4.27. The van der Waals surface area contributed by atoms with Crippen molar-refractivity contribution < 1.29 is 23.6 Å². The first-order chi connectivity index (χ1) is 16.2. The second kappa shape index (κ2) is 11.3. The first-order valence-corrected chi connectivity index (χ1v) is 12.7. The van der Waals surface area contributed by atoms with Crippen molar-refractivity contribution in [3.8, 4) is 0 Å². The zero-order chi connectivity index (χ0) is 24.9. The van der Waals surface area contributed by atoms with Gasteiger partial charge in [-0.1, -0.05) is 27.2 Å². The summed E-state index contributed by atoms with van der Waals surface area (Å²) in [6, 6.07) is 6.60. The number of carbonyl (C=O) groups is 3. The summed E-state index contributed by atoms with van der Waals surface area (Å²) in [6.45, 7) is 12.6. The molecule has 3 aliphatic heterocycles. The standard InChI is InChI=1S/C27H39N3O4/c1-6-18(3)26(28-19(4)7-2)27(33)34-25-17-30(14-12-22(25)13-15-30)16-24(32)21-8-10-23(11-9-21)29-20(5)31/h8-11,18,22,25-26H,6-7,12-17H2,1-5H3/p+1. The number of nitrogens with one attached hydrogen (secondary N) is 1. The summed E-state index contributed by atoms with van der Waals surface area (Å²) in [4.78, 5) is 42.2. The van der Waals surface area contributed by atoms with Crippen molar-refractivity contribution in [2.45, 2.75) is 72.4 Å². The van der Waals surface area contributed by atoms with Gasteiger partial charge >= 0.3 is 5.97 Å². The van der Waals surface area contributed by atoms with Gasteiger partial charge in [0.1, 0.15) is 19.1 Å². The number of hydrogen-bond acceptors (Lipinski definition) is 5. The number of aliphatic imine (C=N–C) groups is 1. The number of amides is 1. The van der Waals surface area contributed by atoms with E-state index in [2.05, 4.69) is 24.2 Å². The van der Waals surface area contributed by atoms with Gasteiger partial charge in [-0.15, -0.1) is 0 Å². The lowest BCUT2D eigenvalue weighted by molar-refractivity contribution is -0.938. The van der Waals surface area contributed by atoms with Crippen molar-refractivity contribution in [1.82, 2.24) is 0 Å². The number of piperidine rings is 3. The molecular weight excluding hydrogens is 430 g/mol. The number of ketones is 1. The Labute approximate surface area is 203 Å². The quantitative estimate of drug-likeness (QED) is 0.240. The van der Waals surface area contributed by atoms with Gasteiger partial charge in [-0.3, -0.25) is 14.6 Å². The van der Waals surface area contributed by atoms with Crippen LogP contribution >= 0.6 is 0 Å². The Balaban J connectivity index is 1.68. The van der Waals surface area contributed by atoms with E-state index in [4.69, 9.17) is 4.74 Å². The Bertz CT molecular complexity index is 916. The summed E-state index contributed by atoms with van der Waals surface area (Å²) in [5, 5.41) is 2.73. The zero-order valence-corrected chi connectivity index (χ0v) is 21.3. The van der Waals surface area contributed by atoms with Crippen molar-refractivity contribution in [3.63, 3.8) is 0 Å². The Morgan fingerprint density at radius 3 is 2.32 bits per heavy atom. The molecule has 3 saturated heterocycles. The number of anilines is 1. The van der Waals surface area contributed by atoms with Gasteiger partial charge in [-0.05, 0) is 43.5 Å². The van der Waals surface area contributed by atoms with Crippen molar-refractivity contribution in [2.75, 3.05) is 31.5 Å². The molecule has 34 heavy (non-hydrogen) atoms. The zero-order valence-electron chi connectivity index (χ0n) is 21.3. The lowest BCUT2D eigenvalue weighted by Crippen LogP contribution is -2.66. The van der Waals surface area contributed by atoms with Crippen LogP contribution in [0.15, 0.2) is 29.3 Å². The molecule has 1 aromatic rings. The molecule has 3 unspecified atom stereocenters. The molecule has 0 aromatic heterocycles. The summed E-state index contributed by atoms with van der Waals surface area (Å²) in [7, 11) is 0. The minimum Gasteiger partial charge on any atom is -0.454 e. The Hall–Kier alpha value is -2.54. The van der Waals surface area contributed by atoms with E-state index in [-0.39, 0.29) is 29.7 Å². The number of benzene rings is 1. The highest BCUT2D eigenvalue weighted by Crippen LogP contribution is 2.36. The topological polar surface area (TPSA) is 84.8 Å². The number of ether oxygens (including phenoxy) is 1. The molecule has 7 heteroatoms. The highest BCUT2D eigenvalue weighted by molar-refractivity contribution is 5.98. The van der Waals surface area contributed by atoms with Crippen LogP contribution in [-0.4, -0.2) is 66.2 Å². The number of nitrogens with zero attached hydrogens (tertiary/aromatic N) is 2. The molecular formula is C27H40N3O4+. The van der Waals surface area contributed by atoms with Crippen molar-refractivity contribution >= 4 is 29.1 Å². The van der Waals surface area contributed by atoms with E-state index in [9.17, 15) is 14.4 Å². The molecule has 0 saturated carbocycles. The highest BCUT2D eigenvalue weighted by atomic mass is 16.5. The molecule has 2 bridgehead atoms. The molecule has 4 rings (SSSR count). The van der Waals surface area contributed by atoms with E-state index in [0.717, 1.165) is 44.5 Å². The van der Waals surface area contributed by atoms with Gasteiger partial charge < -0.3 is 14.5 Å². The fraction of sp³-hybridized carbons (Fsp3) is 0.630. The van der Waals surface area contributed by atoms with Gasteiger partial charge in [0.25, 0.3) is 0 Å². The number of fused-ring (bicyclic) bond motifs is 3. The molecule has 0 aliphatic carbocycles. The smallest absolute Gasteiger partial charge is 0.331 e. The molecule has 3 atom stereocenters. The third-order valence-electron chi connectivity index (χ3n) is 7.61. The summed E-state index contributed by atoms with van der Waals surface area (Å²) in [5.74, 6) is 0.213. The molecule has 3 aliphatic rings. The van der Waals surface area contributed by atoms with Crippen LogP contribution in [0.5, 0.6) is 0 Å². The Kier molecular flexibility index (Phi) is 8.63. The normalized spacial score (nSPS) is 26.0. The predicted molar refractivity (Wildman–Crippen MR) is 134 cm³/mol. The van der Waals surface area contributed by atoms with E-state index in [1.165, 1.54) is 6.92 Å². The van der Waals surface area contributed by atoms with Crippen LogP contribution in [0.3, 0.4) is 0 Å². The number of esters is 1. The average molecular weight is 471 g/mol. The third-order valence-corrected chi connectivity index (χ3v) is 7.61. The summed E-state index contributed by atoms with van der Waals surface area (Å²) in [5.41, 5.74) is 2.29. The minimum atomic E-state index is -0.461. The maximum absolute atomic E-state index is 13.2. The van der Waals surface area contributed by atoms with Crippen LogP contribution in [0.1, 0.15) is 70.7 Å². The fourth-order valence-corrected chi connectivity index (χ4v) is 5.10. The first kappa shape index (κ1) is 26.1. The summed E-state index contributed by atoms with van der Waals surface area (Å²) >= 11 is 0. The lowest BCUT2D eigenvalue weighted by Gasteiger charge is -2.51. The summed E-state index contributed by atoms with van der Waals surface area (Å²) < 4.78 is 6.78. The van der Waals surface area contributed by atoms with E-state index >= 15 is 0 Å². The van der Waals surface area contributed by atoms with E-state index in [1.54, 1.807) is 24.3 Å². The van der Waals surface area contributed by atoms with Crippen molar-refractivity contribution in [2.24, 2.45) is 16.8 Å². The van der Waals surface area contributed by atoms with Gasteiger partial charge in [0.2, 0.25) is 11.7 Å².